The minimum Gasteiger partial charge on any atom is -0.392 e. The van der Waals surface area contributed by atoms with Crippen LogP contribution >= 0.6 is 0 Å². The smallest absolute Gasteiger partial charge is 0.0612 e. The van der Waals surface area contributed by atoms with Gasteiger partial charge >= 0.3 is 0 Å². The topological polar surface area (TPSA) is 40.5 Å². The maximum atomic E-state index is 8.26. The molecule has 0 aliphatic rings. The van der Waals surface area contributed by atoms with Crippen LogP contribution in [0, 0.1) is 0 Å². The lowest BCUT2D eigenvalue weighted by atomic mass is 10.3. The van der Waals surface area contributed by atoms with Crippen molar-refractivity contribution in [3.8, 4) is 0 Å². The molecule has 0 unspecified atom stereocenters. The van der Waals surface area contributed by atoms with Gasteiger partial charge in [-0.25, -0.2) is 0 Å². The van der Waals surface area contributed by atoms with Crippen LogP contribution in [-0.2, 0) is 0 Å². The van der Waals surface area contributed by atoms with Crippen LogP contribution in [-0.4, -0.2) is 23.4 Å². The molecule has 0 spiro atoms. The highest BCUT2D eigenvalue weighted by Crippen LogP contribution is 1.83. The molecule has 0 fully saturated rings. The lowest BCUT2D eigenvalue weighted by Crippen LogP contribution is -1.71. The van der Waals surface area contributed by atoms with E-state index in [1.54, 1.807) is 12.2 Å². The monoisotopic (exact) mass is 128 g/mol. The van der Waals surface area contributed by atoms with Crippen LogP contribution in [0.3, 0.4) is 0 Å². The standard InChI is InChI=1S/C7H12O2/c8-6-4-2-1-3-5-7-9/h2-5,8-9H,1,6-7H2/b4-2+,5-3+. The Morgan fingerprint density at radius 2 is 1.22 bits per heavy atom. The van der Waals surface area contributed by atoms with Crippen molar-refractivity contribution < 1.29 is 10.2 Å². The van der Waals surface area contributed by atoms with E-state index in [0.29, 0.717) is 0 Å². The molecule has 0 heterocycles. The molecule has 0 amide bonds. The van der Waals surface area contributed by atoms with Gasteiger partial charge in [0.05, 0.1) is 13.2 Å². The number of allylic oxidation sites excluding steroid dienone is 2. The molecule has 2 nitrogen and oxygen atoms in total. The fraction of sp³-hybridized carbons (Fsp3) is 0.429. The van der Waals surface area contributed by atoms with Gasteiger partial charge in [-0.3, -0.25) is 0 Å². The van der Waals surface area contributed by atoms with Crippen LogP contribution in [0.2, 0.25) is 0 Å². The second-order valence-electron chi connectivity index (χ2n) is 1.54. The summed E-state index contributed by atoms with van der Waals surface area (Å²) in [6.45, 7) is 0.180. The molecule has 52 valence electrons. The van der Waals surface area contributed by atoms with E-state index in [0.717, 1.165) is 6.42 Å². The Kier molecular flexibility index (Phi) is 6.91. The largest absolute Gasteiger partial charge is 0.392 e. The first kappa shape index (κ1) is 8.40. The first-order valence-corrected chi connectivity index (χ1v) is 2.93. The molecular formula is C7H12O2. The number of hydrogen-bond donors (Lipinski definition) is 2. The van der Waals surface area contributed by atoms with Gasteiger partial charge in [0.15, 0.2) is 0 Å². The van der Waals surface area contributed by atoms with Gasteiger partial charge in [0.1, 0.15) is 0 Å². The molecular weight excluding hydrogens is 116 g/mol. The van der Waals surface area contributed by atoms with Gasteiger partial charge in [-0.1, -0.05) is 24.3 Å². The highest BCUT2D eigenvalue weighted by atomic mass is 16.3. The molecule has 9 heavy (non-hydrogen) atoms. The Morgan fingerprint density at radius 3 is 1.56 bits per heavy atom. The van der Waals surface area contributed by atoms with E-state index in [1.165, 1.54) is 0 Å². The highest BCUT2D eigenvalue weighted by Gasteiger charge is 1.68. The summed E-state index contributed by atoms with van der Waals surface area (Å²) in [7, 11) is 0. The molecule has 0 rings (SSSR count). The van der Waals surface area contributed by atoms with Gasteiger partial charge in [-0.15, -0.1) is 0 Å². The lowest BCUT2D eigenvalue weighted by molar-refractivity contribution is 0.342. The van der Waals surface area contributed by atoms with Gasteiger partial charge in [0.2, 0.25) is 0 Å². The van der Waals surface area contributed by atoms with Crippen molar-refractivity contribution in [3.63, 3.8) is 0 Å². The molecule has 0 aromatic carbocycles. The lowest BCUT2D eigenvalue weighted by Gasteiger charge is -1.79. The summed E-state index contributed by atoms with van der Waals surface area (Å²) in [4.78, 5) is 0. The summed E-state index contributed by atoms with van der Waals surface area (Å²) in [5.41, 5.74) is 0. The van der Waals surface area contributed by atoms with E-state index < -0.39 is 0 Å². The Hall–Kier alpha value is -0.600. The normalized spacial score (nSPS) is 11.8. The van der Waals surface area contributed by atoms with E-state index in [4.69, 9.17) is 10.2 Å². The number of aliphatic hydroxyl groups excluding tert-OH is 2. The summed E-state index contributed by atoms with van der Waals surface area (Å²) in [6.07, 6.45) is 7.79. The Morgan fingerprint density at radius 1 is 0.778 bits per heavy atom. The van der Waals surface area contributed by atoms with E-state index in [1.807, 2.05) is 12.2 Å². The highest BCUT2D eigenvalue weighted by molar-refractivity contribution is 4.92. The second-order valence-corrected chi connectivity index (χ2v) is 1.54. The molecule has 2 N–H and O–H groups in total. The van der Waals surface area contributed by atoms with Gasteiger partial charge < -0.3 is 10.2 Å². The van der Waals surface area contributed by atoms with E-state index in [2.05, 4.69) is 0 Å². The number of rotatable bonds is 4. The van der Waals surface area contributed by atoms with Crippen molar-refractivity contribution in [3.05, 3.63) is 24.3 Å². The molecule has 0 radical (unpaired) electrons. The molecule has 2 heteroatoms. The summed E-state index contributed by atoms with van der Waals surface area (Å²) in [6, 6.07) is 0. The van der Waals surface area contributed by atoms with Crippen molar-refractivity contribution in [2.24, 2.45) is 0 Å². The Labute approximate surface area is 55.1 Å². The summed E-state index contributed by atoms with van der Waals surface area (Å²) in [5, 5.41) is 16.5. The van der Waals surface area contributed by atoms with Gasteiger partial charge in [-0.05, 0) is 6.42 Å². The van der Waals surface area contributed by atoms with Gasteiger partial charge in [0, 0.05) is 0 Å². The van der Waals surface area contributed by atoms with Crippen molar-refractivity contribution in [2.45, 2.75) is 6.42 Å². The first-order valence-electron chi connectivity index (χ1n) is 2.93. The van der Waals surface area contributed by atoms with E-state index >= 15 is 0 Å². The minimum atomic E-state index is 0.0902. The van der Waals surface area contributed by atoms with Crippen LogP contribution in [0.25, 0.3) is 0 Å². The molecule has 0 atom stereocenters. The third-order valence-corrected chi connectivity index (χ3v) is 0.816. The second kappa shape index (κ2) is 7.40. The van der Waals surface area contributed by atoms with Crippen molar-refractivity contribution in [1.82, 2.24) is 0 Å². The van der Waals surface area contributed by atoms with E-state index in [9.17, 15) is 0 Å². The fourth-order valence-corrected chi connectivity index (χ4v) is 0.420. The fourth-order valence-electron chi connectivity index (χ4n) is 0.420. The predicted octanol–water partition coefficient (Wildman–Crippen LogP) is 0.473. The number of aliphatic hydroxyl groups is 2. The third-order valence-electron chi connectivity index (χ3n) is 0.816. The van der Waals surface area contributed by atoms with Crippen LogP contribution in [0.5, 0.6) is 0 Å². The average molecular weight is 128 g/mol. The SMILES string of the molecule is OC/C=C/C/C=C/CO. The first-order chi connectivity index (χ1) is 4.41. The third kappa shape index (κ3) is 7.40. The predicted molar refractivity (Wildman–Crippen MR) is 37.1 cm³/mol. The quantitative estimate of drug-likeness (QED) is 0.540. The summed E-state index contributed by atoms with van der Waals surface area (Å²) < 4.78 is 0. The molecule has 0 saturated carbocycles. The molecule has 0 bridgehead atoms. The summed E-state index contributed by atoms with van der Waals surface area (Å²) >= 11 is 0. The Bertz CT molecular complexity index is 83.1. The van der Waals surface area contributed by atoms with Crippen LogP contribution in [0.1, 0.15) is 6.42 Å². The Balaban J connectivity index is 3.08. The number of hydrogen-bond acceptors (Lipinski definition) is 2. The maximum Gasteiger partial charge on any atom is 0.0612 e. The van der Waals surface area contributed by atoms with Crippen molar-refractivity contribution in [1.29, 1.82) is 0 Å². The summed E-state index contributed by atoms with van der Waals surface area (Å²) in [5.74, 6) is 0. The van der Waals surface area contributed by atoms with Crippen molar-refractivity contribution >= 4 is 0 Å². The zero-order chi connectivity index (χ0) is 6.95. The zero-order valence-corrected chi connectivity index (χ0v) is 5.33. The zero-order valence-electron chi connectivity index (χ0n) is 5.33. The molecule has 0 aliphatic carbocycles. The molecule has 0 saturated heterocycles. The van der Waals surface area contributed by atoms with Crippen LogP contribution < -0.4 is 0 Å². The molecule has 0 aliphatic heterocycles. The minimum absolute atomic E-state index is 0.0902. The van der Waals surface area contributed by atoms with E-state index in [-0.39, 0.29) is 13.2 Å². The molecule has 0 aromatic heterocycles. The van der Waals surface area contributed by atoms with Crippen molar-refractivity contribution in [2.75, 3.05) is 13.2 Å². The van der Waals surface area contributed by atoms with Crippen LogP contribution in [0.15, 0.2) is 24.3 Å². The molecule has 0 aromatic rings. The van der Waals surface area contributed by atoms with Gasteiger partial charge in [0.25, 0.3) is 0 Å². The average Bonchev–Trinajstić information content (AvgIpc) is 1.89. The maximum absolute atomic E-state index is 8.26. The van der Waals surface area contributed by atoms with Crippen LogP contribution in [0.4, 0.5) is 0 Å². The van der Waals surface area contributed by atoms with Gasteiger partial charge in [-0.2, -0.15) is 0 Å².